The Morgan fingerprint density at radius 2 is 2.46 bits per heavy atom. The Bertz CT molecular complexity index is 359. The fourth-order valence-corrected chi connectivity index (χ4v) is 2.20. The van der Waals surface area contributed by atoms with Crippen molar-refractivity contribution in [3.8, 4) is 0 Å². The lowest BCUT2D eigenvalue weighted by atomic mass is 9.91. The van der Waals surface area contributed by atoms with E-state index in [1.54, 1.807) is 6.20 Å². The highest BCUT2D eigenvalue weighted by Crippen LogP contribution is 2.36. The highest BCUT2D eigenvalue weighted by Gasteiger charge is 2.31. The van der Waals surface area contributed by atoms with Gasteiger partial charge in [-0.3, -0.25) is 9.98 Å². The molecule has 1 fully saturated rings. The third kappa shape index (κ3) is 1.00. The molecular weight excluding hydrogens is 162 g/mol. The van der Waals surface area contributed by atoms with Crippen molar-refractivity contribution in [1.82, 2.24) is 10.3 Å². The zero-order valence-corrected chi connectivity index (χ0v) is 7.27. The van der Waals surface area contributed by atoms with Crippen LogP contribution in [0.2, 0.25) is 0 Å². The molecule has 3 nitrogen and oxygen atoms in total. The van der Waals surface area contributed by atoms with Crippen LogP contribution in [0.4, 0.5) is 5.69 Å². The molecule has 0 radical (unpaired) electrons. The van der Waals surface area contributed by atoms with Crippen LogP contribution in [0.25, 0.3) is 0 Å². The average Bonchev–Trinajstić information content (AvgIpc) is 2.65. The number of hydrogen-bond donors (Lipinski definition) is 1. The summed E-state index contributed by atoms with van der Waals surface area (Å²) in [5, 5.41) is 3.42. The number of rotatable bonds is 0. The van der Waals surface area contributed by atoms with Crippen LogP contribution < -0.4 is 5.32 Å². The van der Waals surface area contributed by atoms with Gasteiger partial charge in [0.2, 0.25) is 0 Å². The third-order valence-corrected chi connectivity index (χ3v) is 2.87. The highest BCUT2D eigenvalue weighted by molar-refractivity contribution is 5.75. The predicted octanol–water partition coefficient (Wildman–Crippen LogP) is 1.24. The smallest absolute Gasteiger partial charge is 0.0692 e. The highest BCUT2D eigenvalue weighted by atomic mass is 15.0. The van der Waals surface area contributed by atoms with E-state index < -0.39 is 0 Å². The summed E-state index contributed by atoms with van der Waals surface area (Å²) in [5.74, 6) is 0.598. The second kappa shape index (κ2) is 2.64. The second-order valence-electron chi connectivity index (χ2n) is 3.59. The van der Waals surface area contributed by atoms with Crippen molar-refractivity contribution in [2.45, 2.75) is 18.4 Å². The van der Waals surface area contributed by atoms with E-state index in [0.29, 0.717) is 12.0 Å². The van der Waals surface area contributed by atoms with Crippen LogP contribution in [0.5, 0.6) is 0 Å². The summed E-state index contributed by atoms with van der Waals surface area (Å²) < 4.78 is 0. The maximum atomic E-state index is 4.41. The molecule has 0 aliphatic carbocycles. The molecule has 13 heavy (non-hydrogen) atoms. The molecule has 0 aromatic carbocycles. The van der Waals surface area contributed by atoms with Gasteiger partial charge in [0.05, 0.1) is 5.69 Å². The van der Waals surface area contributed by atoms with Gasteiger partial charge in [0.25, 0.3) is 0 Å². The Hall–Kier alpha value is -1.22. The van der Waals surface area contributed by atoms with Crippen LogP contribution in [-0.2, 0) is 0 Å². The molecular formula is C10H11N3. The Morgan fingerprint density at radius 3 is 3.46 bits per heavy atom. The van der Waals surface area contributed by atoms with E-state index in [2.05, 4.69) is 15.3 Å². The number of nitrogens with one attached hydrogen (secondary N) is 1. The summed E-state index contributed by atoms with van der Waals surface area (Å²) in [5.41, 5.74) is 2.40. The number of nitrogens with zero attached hydrogens (tertiary/aromatic N) is 2. The van der Waals surface area contributed by atoms with E-state index in [1.807, 2.05) is 18.5 Å². The van der Waals surface area contributed by atoms with E-state index in [1.165, 1.54) is 12.0 Å². The van der Waals surface area contributed by atoms with Gasteiger partial charge in [-0.1, -0.05) is 0 Å². The molecule has 1 N–H and O–H groups in total. The molecule has 3 heteroatoms. The van der Waals surface area contributed by atoms with Gasteiger partial charge in [0.1, 0.15) is 0 Å². The lowest BCUT2D eigenvalue weighted by molar-refractivity contribution is 0.677. The van der Waals surface area contributed by atoms with E-state index in [0.717, 1.165) is 12.2 Å². The maximum Gasteiger partial charge on any atom is 0.0692 e. The van der Waals surface area contributed by atoms with E-state index >= 15 is 0 Å². The molecule has 1 aromatic rings. The molecule has 2 aliphatic rings. The molecule has 0 bridgehead atoms. The third-order valence-electron chi connectivity index (χ3n) is 2.87. The van der Waals surface area contributed by atoms with E-state index in [-0.39, 0.29) is 0 Å². The number of pyridine rings is 1. The molecule has 2 aliphatic heterocycles. The van der Waals surface area contributed by atoms with Gasteiger partial charge >= 0.3 is 0 Å². The molecule has 2 atom stereocenters. The topological polar surface area (TPSA) is 37.3 Å². The molecule has 1 saturated heterocycles. The molecule has 3 rings (SSSR count). The summed E-state index contributed by atoms with van der Waals surface area (Å²) in [4.78, 5) is 8.56. The van der Waals surface area contributed by atoms with Crippen molar-refractivity contribution < 1.29 is 0 Å². The zero-order chi connectivity index (χ0) is 8.67. The van der Waals surface area contributed by atoms with E-state index in [4.69, 9.17) is 0 Å². The van der Waals surface area contributed by atoms with E-state index in [9.17, 15) is 0 Å². The van der Waals surface area contributed by atoms with Gasteiger partial charge in [0.15, 0.2) is 0 Å². The van der Waals surface area contributed by atoms with Crippen LogP contribution in [0, 0.1) is 0 Å². The first-order chi connectivity index (χ1) is 6.45. The first-order valence-corrected chi connectivity index (χ1v) is 4.66. The minimum absolute atomic E-state index is 0.441. The molecule has 0 spiro atoms. The SMILES string of the molecule is C1=Nc2ccncc2C2CCNC12. The fourth-order valence-electron chi connectivity index (χ4n) is 2.20. The molecule has 3 heterocycles. The van der Waals surface area contributed by atoms with Crippen LogP contribution in [-0.4, -0.2) is 23.8 Å². The summed E-state index contributed by atoms with van der Waals surface area (Å²) >= 11 is 0. The second-order valence-corrected chi connectivity index (χ2v) is 3.59. The van der Waals surface area contributed by atoms with Gasteiger partial charge in [-0.15, -0.1) is 0 Å². The lowest BCUT2D eigenvalue weighted by Gasteiger charge is -2.21. The van der Waals surface area contributed by atoms with Crippen molar-refractivity contribution in [3.63, 3.8) is 0 Å². The number of aromatic nitrogens is 1. The van der Waals surface area contributed by atoms with Gasteiger partial charge in [-0.2, -0.15) is 0 Å². The molecule has 1 aromatic heterocycles. The monoisotopic (exact) mass is 173 g/mol. The fraction of sp³-hybridized carbons (Fsp3) is 0.400. The number of fused-ring (bicyclic) bond motifs is 3. The van der Waals surface area contributed by atoms with Crippen LogP contribution in [0.1, 0.15) is 17.9 Å². The summed E-state index contributed by atoms with van der Waals surface area (Å²) in [6.07, 6.45) is 6.99. The van der Waals surface area contributed by atoms with Crippen molar-refractivity contribution in [3.05, 3.63) is 24.0 Å². The van der Waals surface area contributed by atoms with Crippen LogP contribution in [0.15, 0.2) is 23.5 Å². The largest absolute Gasteiger partial charge is 0.309 e. The zero-order valence-electron chi connectivity index (χ0n) is 7.27. The summed E-state index contributed by atoms with van der Waals surface area (Å²) in [6.45, 7) is 1.09. The Balaban J connectivity index is 2.13. The first kappa shape index (κ1) is 7.21. The number of hydrogen-bond acceptors (Lipinski definition) is 3. The standard InChI is InChI=1S/C10H11N3/c1-4-12-10-6-13-9-2-3-11-5-8(9)7(1)10/h2-3,5-7,10,12H,1,4H2. The average molecular weight is 173 g/mol. The van der Waals surface area contributed by atoms with Crippen LogP contribution >= 0.6 is 0 Å². The Morgan fingerprint density at radius 1 is 1.46 bits per heavy atom. The normalized spacial score (nSPS) is 29.8. The van der Waals surface area contributed by atoms with Crippen molar-refractivity contribution in [2.75, 3.05) is 6.54 Å². The minimum atomic E-state index is 0.441. The van der Waals surface area contributed by atoms with Crippen molar-refractivity contribution in [1.29, 1.82) is 0 Å². The molecule has 2 unspecified atom stereocenters. The van der Waals surface area contributed by atoms with Gasteiger partial charge in [-0.25, -0.2) is 0 Å². The predicted molar refractivity (Wildman–Crippen MR) is 51.5 cm³/mol. The lowest BCUT2D eigenvalue weighted by Crippen LogP contribution is -2.29. The Labute approximate surface area is 76.9 Å². The molecule has 66 valence electrons. The molecule has 0 amide bonds. The Kier molecular flexibility index (Phi) is 1.46. The van der Waals surface area contributed by atoms with Crippen molar-refractivity contribution >= 4 is 11.9 Å². The van der Waals surface area contributed by atoms with Crippen molar-refractivity contribution in [2.24, 2.45) is 4.99 Å². The van der Waals surface area contributed by atoms with Gasteiger partial charge in [0, 0.05) is 36.1 Å². The number of aliphatic imine (C=N–C) groups is 1. The van der Waals surface area contributed by atoms with Gasteiger partial charge in [-0.05, 0) is 19.0 Å². The quantitative estimate of drug-likeness (QED) is 0.641. The maximum absolute atomic E-state index is 4.41. The molecule has 0 saturated carbocycles. The summed E-state index contributed by atoms with van der Waals surface area (Å²) in [7, 11) is 0. The minimum Gasteiger partial charge on any atom is -0.309 e. The first-order valence-electron chi connectivity index (χ1n) is 4.66. The summed E-state index contributed by atoms with van der Waals surface area (Å²) in [6, 6.07) is 2.43. The van der Waals surface area contributed by atoms with Gasteiger partial charge < -0.3 is 5.32 Å². The van der Waals surface area contributed by atoms with Crippen LogP contribution in [0.3, 0.4) is 0 Å².